The second-order valence-electron chi connectivity index (χ2n) is 9.61. The van der Waals surface area contributed by atoms with Crippen LogP contribution in [-0.4, -0.2) is 33.1 Å². The molecule has 0 aliphatic heterocycles. The fourth-order valence-corrected chi connectivity index (χ4v) is 5.76. The van der Waals surface area contributed by atoms with Gasteiger partial charge in [-0.05, 0) is 52.9 Å². The van der Waals surface area contributed by atoms with Gasteiger partial charge in [-0.1, -0.05) is 72.8 Å². The van der Waals surface area contributed by atoms with E-state index in [1.807, 2.05) is 30.3 Å². The van der Waals surface area contributed by atoms with E-state index in [1.165, 1.54) is 6.92 Å². The highest BCUT2D eigenvalue weighted by Gasteiger charge is 2.28. The molecule has 0 saturated heterocycles. The van der Waals surface area contributed by atoms with E-state index in [1.54, 1.807) is 0 Å². The van der Waals surface area contributed by atoms with Gasteiger partial charge in [0, 0.05) is 54.5 Å². The highest BCUT2D eigenvalue weighted by molar-refractivity contribution is 5.98. The van der Waals surface area contributed by atoms with Crippen molar-refractivity contribution < 1.29 is 14.6 Å². The molecule has 0 spiro atoms. The van der Waals surface area contributed by atoms with Crippen LogP contribution in [0, 0.1) is 0 Å². The Labute approximate surface area is 227 Å². The summed E-state index contributed by atoms with van der Waals surface area (Å²) in [6.07, 6.45) is 5.34. The molecule has 0 saturated carbocycles. The Morgan fingerprint density at radius 3 is 1.59 bits per heavy atom. The van der Waals surface area contributed by atoms with Gasteiger partial charge in [0.15, 0.2) is 0 Å². The fraction of sp³-hybridized carbons (Fsp3) is 0.147. The van der Waals surface area contributed by atoms with Crippen molar-refractivity contribution in [2.75, 3.05) is 13.2 Å². The third-order valence-electron chi connectivity index (χ3n) is 7.27. The number of hydrogen-bond donors (Lipinski definition) is 1. The number of aliphatic hydroxyl groups is 1. The third kappa shape index (κ3) is 4.41. The number of esters is 1. The third-order valence-corrected chi connectivity index (χ3v) is 7.27. The summed E-state index contributed by atoms with van der Waals surface area (Å²) in [4.78, 5) is 11.6. The Kier molecular flexibility index (Phi) is 6.74. The largest absolute Gasteiger partial charge is 0.466 e. The zero-order valence-corrected chi connectivity index (χ0v) is 21.9. The van der Waals surface area contributed by atoms with Gasteiger partial charge in [0.1, 0.15) is 0 Å². The van der Waals surface area contributed by atoms with Crippen LogP contribution in [0.3, 0.4) is 0 Å². The van der Waals surface area contributed by atoms with Gasteiger partial charge in [-0.15, -0.1) is 0 Å². The summed E-state index contributed by atoms with van der Waals surface area (Å²) >= 11 is 0. The van der Waals surface area contributed by atoms with Gasteiger partial charge in [-0.25, -0.2) is 0 Å². The number of hydrogen-bond acceptors (Lipinski definition) is 3. The molecule has 6 rings (SSSR count). The normalized spacial score (nSPS) is 11.3. The summed E-state index contributed by atoms with van der Waals surface area (Å²) in [6.45, 7) is 1.81. The van der Waals surface area contributed by atoms with E-state index in [0.717, 1.165) is 55.8 Å². The number of rotatable bonds is 8. The quantitative estimate of drug-likeness (QED) is 0.227. The molecule has 0 fully saturated rings. The number of benzene rings is 2. The van der Waals surface area contributed by atoms with Crippen molar-refractivity contribution in [3.63, 3.8) is 0 Å². The monoisotopic (exact) mass is 514 g/mol. The highest BCUT2D eigenvalue weighted by atomic mass is 16.5. The van der Waals surface area contributed by atoms with Crippen LogP contribution >= 0.6 is 0 Å². The Hall–Kier alpha value is -4.61. The van der Waals surface area contributed by atoms with Gasteiger partial charge < -0.3 is 18.6 Å². The van der Waals surface area contributed by atoms with Crippen molar-refractivity contribution in [2.24, 2.45) is 0 Å². The van der Waals surface area contributed by atoms with Crippen LogP contribution in [0.2, 0.25) is 0 Å². The Morgan fingerprint density at radius 1 is 0.667 bits per heavy atom. The van der Waals surface area contributed by atoms with Crippen LogP contribution in [0.25, 0.3) is 44.7 Å². The van der Waals surface area contributed by atoms with E-state index in [-0.39, 0.29) is 12.6 Å². The SMILES string of the molecule is CC(=O)OCCc1c(-c2ccccc2)c(-c2c(-c3ccccc3)c(CCO)c3ccccn23)n2ccccc12. The molecule has 0 aliphatic carbocycles. The molecular weight excluding hydrogens is 484 g/mol. The molecule has 1 N–H and O–H groups in total. The van der Waals surface area contributed by atoms with Crippen LogP contribution in [0.4, 0.5) is 0 Å². The first-order valence-electron chi connectivity index (χ1n) is 13.3. The van der Waals surface area contributed by atoms with Crippen LogP contribution in [0.5, 0.6) is 0 Å². The number of aromatic nitrogens is 2. The van der Waals surface area contributed by atoms with Crippen molar-refractivity contribution in [1.29, 1.82) is 0 Å². The zero-order valence-electron chi connectivity index (χ0n) is 21.9. The van der Waals surface area contributed by atoms with Gasteiger partial charge in [0.25, 0.3) is 0 Å². The molecule has 0 amide bonds. The number of nitrogens with zero attached hydrogens (tertiary/aromatic N) is 2. The lowest BCUT2D eigenvalue weighted by Crippen LogP contribution is -2.03. The van der Waals surface area contributed by atoms with Gasteiger partial charge in [-0.2, -0.15) is 0 Å². The van der Waals surface area contributed by atoms with E-state index in [9.17, 15) is 9.90 Å². The van der Waals surface area contributed by atoms with Gasteiger partial charge in [-0.3, -0.25) is 4.79 Å². The molecule has 0 atom stereocenters. The Morgan fingerprint density at radius 2 is 1.13 bits per heavy atom. The molecule has 6 aromatic rings. The van der Waals surface area contributed by atoms with E-state index in [0.29, 0.717) is 19.4 Å². The lowest BCUT2D eigenvalue weighted by molar-refractivity contribution is -0.140. The molecule has 39 heavy (non-hydrogen) atoms. The van der Waals surface area contributed by atoms with Crippen LogP contribution in [0.15, 0.2) is 109 Å². The average Bonchev–Trinajstić information content (AvgIpc) is 3.46. The molecule has 0 bridgehead atoms. The standard InChI is InChI=1S/C34H30N2O3/c1-24(38)39-23-19-28-30-17-9-11-21-36(30)34(32(28)26-14-6-3-7-15-26)33-31(25-12-4-2-5-13-25)27(18-22-37)29-16-8-10-20-35(29)33/h2-17,20-21,37H,18-19,22-23H2,1H3. The average molecular weight is 515 g/mol. The molecule has 0 aliphatic rings. The maximum absolute atomic E-state index is 11.6. The minimum Gasteiger partial charge on any atom is -0.466 e. The van der Waals surface area contributed by atoms with E-state index in [4.69, 9.17) is 4.74 Å². The molecule has 4 heterocycles. The molecule has 0 unspecified atom stereocenters. The Balaban J connectivity index is 1.77. The molecule has 0 radical (unpaired) electrons. The molecule has 5 heteroatoms. The van der Waals surface area contributed by atoms with Crippen LogP contribution < -0.4 is 0 Å². The maximum atomic E-state index is 11.6. The first-order chi connectivity index (χ1) is 19.2. The fourth-order valence-electron chi connectivity index (χ4n) is 5.76. The summed E-state index contributed by atoms with van der Waals surface area (Å²) in [5.41, 5.74) is 11.0. The number of carbonyl (C=O) groups excluding carboxylic acids is 1. The van der Waals surface area contributed by atoms with Crippen molar-refractivity contribution in [2.45, 2.75) is 19.8 Å². The molecule has 2 aromatic carbocycles. The topological polar surface area (TPSA) is 55.3 Å². The van der Waals surface area contributed by atoms with Crippen molar-refractivity contribution >= 4 is 17.0 Å². The van der Waals surface area contributed by atoms with Crippen molar-refractivity contribution in [1.82, 2.24) is 8.80 Å². The first kappa shape index (κ1) is 24.7. The van der Waals surface area contributed by atoms with Gasteiger partial charge >= 0.3 is 5.97 Å². The summed E-state index contributed by atoms with van der Waals surface area (Å²) in [7, 11) is 0. The molecule has 194 valence electrons. The van der Waals surface area contributed by atoms with Gasteiger partial charge in [0.2, 0.25) is 0 Å². The lowest BCUT2D eigenvalue weighted by Gasteiger charge is -2.13. The number of pyridine rings is 2. The van der Waals surface area contributed by atoms with E-state index >= 15 is 0 Å². The summed E-state index contributed by atoms with van der Waals surface area (Å²) in [5, 5.41) is 10.1. The number of aliphatic hydroxyl groups excluding tert-OH is 1. The van der Waals surface area contributed by atoms with Crippen molar-refractivity contribution in [3.05, 3.63) is 121 Å². The van der Waals surface area contributed by atoms with E-state index < -0.39 is 0 Å². The predicted molar refractivity (Wildman–Crippen MR) is 156 cm³/mol. The molecule has 5 nitrogen and oxygen atoms in total. The zero-order chi connectivity index (χ0) is 26.8. The number of carbonyl (C=O) groups is 1. The minimum atomic E-state index is -0.280. The summed E-state index contributed by atoms with van der Waals surface area (Å²) in [6, 6.07) is 33.3. The molecule has 4 aromatic heterocycles. The van der Waals surface area contributed by atoms with Crippen LogP contribution in [-0.2, 0) is 22.4 Å². The first-order valence-corrected chi connectivity index (χ1v) is 13.3. The van der Waals surface area contributed by atoms with Gasteiger partial charge in [0.05, 0.1) is 18.0 Å². The predicted octanol–water partition coefficient (Wildman–Crippen LogP) is 6.83. The maximum Gasteiger partial charge on any atom is 0.302 e. The smallest absolute Gasteiger partial charge is 0.302 e. The number of fused-ring (bicyclic) bond motifs is 2. The minimum absolute atomic E-state index is 0.0575. The summed E-state index contributed by atoms with van der Waals surface area (Å²) in [5.74, 6) is -0.280. The second kappa shape index (κ2) is 10.6. The highest BCUT2D eigenvalue weighted by Crippen LogP contribution is 2.46. The number of ether oxygens (including phenoxy) is 1. The summed E-state index contributed by atoms with van der Waals surface area (Å²) < 4.78 is 9.93. The molecular formula is C34H30N2O3. The Bertz CT molecular complexity index is 1770. The van der Waals surface area contributed by atoms with Crippen LogP contribution in [0.1, 0.15) is 18.1 Å². The van der Waals surface area contributed by atoms with E-state index in [2.05, 4.69) is 87.9 Å². The lowest BCUT2D eigenvalue weighted by atomic mass is 9.93. The second-order valence-corrected chi connectivity index (χ2v) is 9.61. The van der Waals surface area contributed by atoms with Crippen molar-refractivity contribution in [3.8, 4) is 33.6 Å².